The lowest BCUT2D eigenvalue weighted by Gasteiger charge is -2.34. The number of piperazine rings is 1. The zero-order chi connectivity index (χ0) is 22.6. The molecular weight excluding hydrogens is 412 g/mol. The summed E-state index contributed by atoms with van der Waals surface area (Å²) in [7, 11) is -3.59. The topological polar surface area (TPSA) is 74.8 Å². The number of hydrogen-bond acceptors (Lipinski definition) is 4. The third kappa shape index (κ3) is 5.60. The van der Waals surface area contributed by atoms with Crippen molar-refractivity contribution in [3.8, 4) is 0 Å². The second kappa shape index (κ2) is 9.32. The molecule has 1 fully saturated rings. The number of carbonyl (C=O) groups excluding carboxylic acids is 2. The smallest absolute Gasteiger partial charge is 0.243 e. The van der Waals surface area contributed by atoms with Crippen molar-refractivity contribution in [1.29, 1.82) is 0 Å². The van der Waals surface area contributed by atoms with Crippen molar-refractivity contribution < 1.29 is 18.0 Å². The number of hydrogen-bond donors (Lipinski definition) is 0. The number of ketones is 1. The zero-order valence-corrected chi connectivity index (χ0v) is 19.2. The van der Waals surface area contributed by atoms with Crippen molar-refractivity contribution in [3.63, 3.8) is 0 Å². The summed E-state index contributed by atoms with van der Waals surface area (Å²) in [4.78, 5) is 26.6. The quantitative estimate of drug-likeness (QED) is 0.642. The predicted molar refractivity (Wildman–Crippen MR) is 120 cm³/mol. The highest BCUT2D eigenvalue weighted by Gasteiger charge is 2.30. The van der Waals surface area contributed by atoms with Gasteiger partial charge < -0.3 is 4.90 Å². The molecule has 2 aromatic rings. The lowest BCUT2D eigenvalue weighted by atomic mass is 9.87. The molecule has 1 saturated heterocycles. The van der Waals surface area contributed by atoms with E-state index in [9.17, 15) is 18.0 Å². The van der Waals surface area contributed by atoms with Gasteiger partial charge in [-0.15, -0.1) is 0 Å². The second-order valence-electron chi connectivity index (χ2n) is 8.85. The average Bonchev–Trinajstić information content (AvgIpc) is 2.77. The van der Waals surface area contributed by atoms with E-state index in [1.807, 2.05) is 18.2 Å². The molecule has 0 saturated carbocycles. The van der Waals surface area contributed by atoms with Crippen LogP contribution in [0.5, 0.6) is 0 Å². The van der Waals surface area contributed by atoms with Crippen molar-refractivity contribution in [3.05, 3.63) is 65.7 Å². The zero-order valence-electron chi connectivity index (χ0n) is 18.4. The van der Waals surface area contributed by atoms with Crippen molar-refractivity contribution in [2.24, 2.45) is 0 Å². The van der Waals surface area contributed by atoms with Crippen LogP contribution >= 0.6 is 0 Å². The number of carbonyl (C=O) groups is 2. The summed E-state index contributed by atoms with van der Waals surface area (Å²) in [6, 6.07) is 15.9. The van der Waals surface area contributed by atoms with E-state index in [4.69, 9.17) is 0 Å². The van der Waals surface area contributed by atoms with Gasteiger partial charge in [0.15, 0.2) is 5.78 Å². The number of Topliss-reactive ketones (excluding diaryl/α,β-unsaturated/α-hetero) is 1. The molecule has 0 N–H and O–H groups in total. The molecule has 1 amide bonds. The number of nitrogens with zero attached hydrogens (tertiary/aromatic N) is 2. The summed E-state index contributed by atoms with van der Waals surface area (Å²) in [5.74, 6) is -0.176. The first kappa shape index (κ1) is 23.2. The van der Waals surface area contributed by atoms with Crippen molar-refractivity contribution in [1.82, 2.24) is 9.21 Å². The van der Waals surface area contributed by atoms with Crippen LogP contribution in [-0.2, 0) is 20.2 Å². The van der Waals surface area contributed by atoms with Gasteiger partial charge in [-0.05, 0) is 23.1 Å². The minimum atomic E-state index is -3.59. The maximum absolute atomic E-state index is 13.0. The van der Waals surface area contributed by atoms with Gasteiger partial charge in [0.05, 0.1) is 4.90 Å². The van der Waals surface area contributed by atoms with Crippen molar-refractivity contribution in [2.75, 3.05) is 26.2 Å². The van der Waals surface area contributed by atoms with Gasteiger partial charge in [-0.25, -0.2) is 8.42 Å². The summed E-state index contributed by atoms with van der Waals surface area (Å²) < 4.78 is 27.4. The first-order valence-corrected chi connectivity index (χ1v) is 12.0. The number of benzene rings is 2. The van der Waals surface area contributed by atoms with Crippen LogP contribution in [0.2, 0.25) is 0 Å². The molecule has 0 atom stereocenters. The summed E-state index contributed by atoms with van der Waals surface area (Å²) in [5, 5.41) is 0. The standard InChI is InChI=1S/C24H30N2O4S/c1-24(2,3)20-9-11-21(12-10-20)31(29,30)26-17-15-25(16-18-26)23(28)14-13-22(27)19-7-5-4-6-8-19/h4-12H,13-18H2,1-3H3. The van der Waals surface area contributed by atoms with E-state index in [1.54, 1.807) is 41.3 Å². The molecule has 0 aliphatic carbocycles. The van der Waals surface area contributed by atoms with Gasteiger partial charge in [-0.3, -0.25) is 9.59 Å². The van der Waals surface area contributed by atoms with Crippen molar-refractivity contribution >= 4 is 21.7 Å². The molecule has 0 aromatic heterocycles. The first-order valence-electron chi connectivity index (χ1n) is 10.6. The Morgan fingerprint density at radius 3 is 1.97 bits per heavy atom. The van der Waals surface area contributed by atoms with Crippen LogP contribution < -0.4 is 0 Å². The van der Waals surface area contributed by atoms with E-state index in [-0.39, 0.29) is 47.9 Å². The van der Waals surface area contributed by atoms with E-state index < -0.39 is 10.0 Å². The van der Waals surface area contributed by atoms with E-state index in [2.05, 4.69) is 20.8 Å². The van der Waals surface area contributed by atoms with Gasteiger partial charge in [0, 0.05) is 44.6 Å². The fraction of sp³-hybridized carbons (Fsp3) is 0.417. The molecule has 7 heteroatoms. The predicted octanol–water partition coefficient (Wildman–Crippen LogP) is 3.48. The van der Waals surface area contributed by atoms with Crippen LogP contribution in [-0.4, -0.2) is 55.5 Å². The van der Waals surface area contributed by atoms with Gasteiger partial charge in [0.1, 0.15) is 0 Å². The van der Waals surface area contributed by atoms with Gasteiger partial charge in [0.25, 0.3) is 0 Å². The molecule has 6 nitrogen and oxygen atoms in total. The molecule has 166 valence electrons. The minimum absolute atomic E-state index is 0.0455. The Bertz CT molecular complexity index is 1020. The lowest BCUT2D eigenvalue weighted by molar-refractivity contribution is -0.132. The molecule has 0 spiro atoms. The van der Waals surface area contributed by atoms with E-state index in [0.717, 1.165) is 5.56 Å². The van der Waals surface area contributed by atoms with Gasteiger partial charge >= 0.3 is 0 Å². The molecule has 0 unspecified atom stereocenters. The lowest BCUT2D eigenvalue weighted by Crippen LogP contribution is -2.50. The third-order valence-corrected chi connectivity index (χ3v) is 7.52. The maximum Gasteiger partial charge on any atom is 0.243 e. The van der Waals surface area contributed by atoms with Crippen LogP contribution in [0.1, 0.15) is 49.5 Å². The van der Waals surface area contributed by atoms with Gasteiger partial charge in [0.2, 0.25) is 15.9 Å². The normalized spacial score (nSPS) is 15.6. The Labute approximate surface area is 184 Å². The molecule has 0 bridgehead atoms. The van der Waals surface area contributed by atoms with Gasteiger partial charge in [-0.1, -0.05) is 63.2 Å². The maximum atomic E-state index is 13.0. The average molecular weight is 443 g/mol. The highest BCUT2D eigenvalue weighted by Crippen LogP contribution is 2.25. The monoisotopic (exact) mass is 442 g/mol. The fourth-order valence-corrected chi connectivity index (χ4v) is 5.02. The number of amides is 1. The Hall–Kier alpha value is -2.51. The third-order valence-electron chi connectivity index (χ3n) is 5.61. The Morgan fingerprint density at radius 2 is 1.42 bits per heavy atom. The number of sulfonamides is 1. The van der Waals surface area contributed by atoms with Crippen LogP contribution in [0.3, 0.4) is 0 Å². The molecule has 2 aromatic carbocycles. The van der Waals surface area contributed by atoms with Crippen LogP contribution in [0, 0.1) is 0 Å². The molecule has 3 rings (SSSR count). The molecule has 0 radical (unpaired) electrons. The fourth-order valence-electron chi connectivity index (χ4n) is 3.60. The van der Waals surface area contributed by atoms with E-state index in [1.165, 1.54) is 4.31 Å². The summed E-state index contributed by atoms with van der Waals surface area (Å²) >= 11 is 0. The highest BCUT2D eigenvalue weighted by atomic mass is 32.2. The Kier molecular flexibility index (Phi) is 6.96. The molecule has 1 aliphatic rings. The van der Waals surface area contributed by atoms with E-state index >= 15 is 0 Å². The molecule has 1 heterocycles. The molecule has 31 heavy (non-hydrogen) atoms. The van der Waals surface area contributed by atoms with E-state index in [0.29, 0.717) is 18.7 Å². The number of rotatable bonds is 6. The first-order chi connectivity index (χ1) is 14.6. The van der Waals surface area contributed by atoms with Crippen molar-refractivity contribution in [2.45, 2.75) is 43.9 Å². The second-order valence-corrected chi connectivity index (χ2v) is 10.8. The summed E-state index contributed by atoms with van der Waals surface area (Å²) in [6.07, 6.45) is 0.288. The largest absolute Gasteiger partial charge is 0.340 e. The SMILES string of the molecule is CC(C)(C)c1ccc(S(=O)(=O)N2CCN(C(=O)CCC(=O)c3ccccc3)CC2)cc1. The highest BCUT2D eigenvalue weighted by molar-refractivity contribution is 7.89. The van der Waals surface area contributed by atoms with Gasteiger partial charge in [-0.2, -0.15) is 4.31 Å². The molecular formula is C24H30N2O4S. The minimum Gasteiger partial charge on any atom is -0.340 e. The summed E-state index contributed by atoms with van der Waals surface area (Å²) in [5.41, 5.74) is 1.63. The Morgan fingerprint density at radius 1 is 0.839 bits per heavy atom. The molecule has 1 aliphatic heterocycles. The van der Waals surface area contributed by atoms with Crippen LogP contribution in [0.4, 0.5) is 0 Å². The Balaban J connectivity index is 1.54. The van der Waals surface area contributed by atoms with Crippen LogP contribution in [0.25, 0.3) is 0 Å². The van der Waals surface area contributed by atoms with Crippen LogP contribution in [0.15, 0.2) is 59.5 Å². The summed E-state index contributed by atoms with van der Waals surface area (Å²) in [6.45, 7) is 7.42.